The Morgan fingerprint density at radius 1 is 1.20 bits per heavy atom. The van der Waals surface area contributed by atoms with Gasteiger partial charge >= 0.3 is 0 Å². The van der Waals surface area contributed by atoms with Crippen LogP contribution in [0.5, 0.6) is 11.6 Å². The first-order valence-electron chi connectivity index (χ1n) is 7.20. The van der Waals surface area contributed by atoms with Gasteiger partial charge in [-0.3, -0.25) is 9.59 Å². The van der Waals surface area contributed by atoms with Gasteiger partial charge in [0.05, 0.1) is 26.7 Å². The van der Waals surface area contributed by atoms with E-state index >= 15 is 0 Å². The first-order chi connectivity index (χ1) is 11.9. The molecule has 1 aliphatic heterocycles. The molecule has 5 nitrogen and oxygen atoms in total. The Kier molecular flexibility index (Phi) is 5.74. The van der Waals surface area contributed by atoms with E-state index in [9.17, 15) is 9.59 Å². The summed E-state index contributed by atoms with van der Waals surface area (Å²) in [5.41, 5.74) is 0.331. The van der Waals surface area contributed by atoms with Crippen molar-refractivity contribution in [3.8, 4) is 11.6 Å². The molecular formula is C16H11Cl3N2O3S. The molecule has 130 valence electrons. The summed E-state index contributed by atoms with van der Waals surface area (Å²) in [6, 6.07) is 5.59. The van der Waals surface area contributed by atoms with Gasteiger partial charge in [0.2, 0.25) is 11.0 Å². The number of aromatic nitrogens is 1. The molecule has 1 fully saturated rings. The molecule has 1 amide bonds. The average molecular weight is 418 g/mol. The highest BCUT2D eigenvalue weighted by Gasteiger charge is 2.27. The molecule has 0 spiro atoms. The predicted octanol–water partition coefficient (Wildman–Crippen LogP) is 4.60. The summed E-state index contributed by atoms with van der Waals surface area (Å²) in [7, 11) is 0. The maximum absolute atomic E-state index is 12.1. The minimum atomic E-state index is -0.441. The molecule has 0 aliphatic carbocycles. The second kappa shape index (κ2) is 7.83. The van der Waals surface area contributed by atoms with E-state index in [1.165, 1.54) is 36.2 Å². The topological polar surface area (TPSA) is 68.3 Å². The maximum Gasteiger partial charge on any atom is 0.253 e. The second-order valence-electron chi connectivity index (χ2n) is 5.17. The molecule has 0 saturated carbocycles. The highest BCUT2D eigenvalue weighted by Crippen LogP contribution is 2.35. The number of carbonyl (C=O) groups is 2. The van der Waals surface area contributed by atoms with Crippen molar-refractivity contribution in [3.05, 3.63) is 51.1 Å². The van der Waals surface area contributed by atoms with Gasteiger partial charge in [0.15, 0.2) is 0 Å². The fourth-order valence-corrected chi connectivity index (χ4v) is 3.65. The molecule has 1 unspecified atom stereocenters. The van der Waals surface area contributed by atoms with E-state index in [1.807, 2.05) is 0 Å². The van der Waals surface area contributed by atoms with E-state index in [2.05, 4.69) is 10.3 Å². The van der Waals surface area contributed by atoms with Crippen molar-refractivity contribution in [3.63, 3.8) is 0 Å². The molecule has 0 radical (unpaired) electrons. The fraction of sp³-hybridized carbons (Fsp3) is 0.188. The van der Waals surface area contributed by atoms with Crippen molar-refractivity contribution in [2.75, 3.05) is 5.75 Å². The number of carbonyl (C=O) groups excluding carboxylic acids is 2. The van der Waals surface area contributed by atoms with Crippen molar-refractivity contribution in [1.82, 2.24) is 10.3 Å². The molecule has 9 heteroatoms. The normalized spacial score (nSPS) is 16.8. The van der Waals surface area contributed by atoms with Crippen molar-refractivity contribution < 1.29 is 14.3 Å². The summed E-state index contributed by atoms with van der Waals surface area (Å²) in [6.45, 7) is 0. The quantitative estimate of drug-likeness (QED) is 0.737. The smallest absolute Gasteiger partial charge is 0.253 e. The van der Waals surface area contributed by atoms with Crippen molar-refractivity contribution in [2.24, 2.45) is 0 Å². The van der Waals surface area contributed by atoms with Gasteiger partial charge in [0.1, 0.15) is 5.75 Å². The largest absolute Gasteiger partial charge is 0.437 e. The Labute approximate surface area is 163 Å². The molecule has 2 heterocycles. The van der Waals surface area contributed by atoms with Crippen LogP contribution in [-0.4, -0.2) is 27.8 Å². The van der Waals surface area contributed by atoms with Crippen LogP contribution in [0.1, 0.15) is 16.8 Å². The third kappa shape index (κ3) is 4.39. The summed E-state index contributed by atoms with van der Waals surface area (Å²) < 4.78 is 5.55. The number of halogens is 3. The first-order valence-corrected chi connectivity index (χ1v) is 9.32. The summed E-state index contributed by atoms with van der Waals surface area (Å²) in [4.78, 5) is 27.8. The highest BCUT2D eigenvalue weighted by molar-refractivity contribution is 8.14. The third-order valence-corrected chi connectivity index (χ3v) is 5.45. The van der Waals surface area contributed by atoms with Gasteiger partial charge in [0, 0.05) is 24.1 Å². The highest BCUT2D eigenvalue weighted by atomic mass is 35.5. The second-order valence-corrected chi connectivity index (χ2v) is 7.49. The molecule has 0 bridgehead atoms. The van der Waals surface area contributed by atoms with Crippen LogP contribution in [0.25, 0.3) is 0 Å². The Hall–Kier alpha value is -1.47. The van der Waals surface area contributed by atoms with Gasteiger partial charge in [-0.25, -0.2) is 4.98 Å². The zero-order valence-corrected chi connectivity index (χ0v) is 15.7. The van der Waals surface area contributed by atoms with E-state index in [-0.39, 0.29) is 21.9 Å². The average Bonchev–Trinajstić information content (AvgIpc) is 2.98. The molecule has 25 heavy (non-hydrogen) atoms. The van der Waals surface area contributed by atoms with Gasteiger partial charge < -0.3 is 10.1 Å². The van der Waals surface area contributed by atoms with Crippen LogP contribution in [0.4, 0.5) is 0 Å². The number of hydrogen-bond donors (Lipinski definition) is 1. The molecule has 1 aromatic heterocycles. The predicted molar refractivity (Wildman–Crippen MR) is 99.1 cm³/mol. The minimum Gasteiger partial charge on any atom is -0.437 e. The van der Waals surface area contributed by atoms with E-state index in [0.29, 0.717) is 27.8 Å². The van der Waals surface area contributed by atoms with Gasteiger partial charge in [-0.15, -0.1) is 0 Å². The maximum atomic E-state index is 12.1. The molecule has 3 rings (SSSR count). The number of benzene rings is 1. The lowest BCUT2D eigenvalue weighted by molar-refractivity contribution is -0.112. The Morgan fingerprint density at radius 3 is 2.60 bits per heavy atom. The first kappa shape index (κ1) is 18.3. The van der Waals surface area contributed by atoms with Crippen LogP contribution in [-0.2, 0) is 4.79 Å². The van der Waals surface area contributed by atoms with Crippen LogP contribution in [0.3, 0.4) is 0 Å². The molecule has 1 aromatic carbocycles. The zero-order chi connectivity index (χ0) is 18.0. The molecule has 1 aliphatic rings. The van der Waals surface area contributed by atoms with E-state index in [0.717, 1.165) is 5.75 Å². The van der Waals surface area contributed by atoms with Gasteiger partial charge in [-0.2, -0.15) is 0 Å². The third-order valence-electron chi connectivity index (χ3n) is 3.43. The van der Waals surface area contributed by atoms with Crippen LogP contribution in [0.2, 0.25) is 15.1 Å². The standard InChI is InChI=1S/C16H11Cl3N2O3S/c17-9-5-11(19)13(6-10(9)18)24-14-2-1-8(7-20-14)15(22)21-12-3-4-25-16(12)23/h1-2,5-7,12H,3-4H2,(H,21,22). The monoisotopic (exact) mass is 416 g/mol. The summed E-state index contributed by atoms with van der Waals surface area (Å²) in [5.74, 6) is 0.908. The van der Waals surface area contributed by atoms with Gasteiger partial charge in [-0.05, 0) is 18.6 Å². The van der Waals surface area contributed by atoms with Gasteiger partial charge in [-0.1, -0.05) is 46.6 Å². The number of pyridine rings is 1. The van der Waals surface area contributed by atoms with E-state index in [1.54, 1.807) is 6.07 Å². The Bertz CT molecular complexity index is 830. The van der Waals surface area contributed by atoms with Crippen molar-refractivity contribution >= 4 is 57.6 Å². The van der Waals surface area contributed by atoms with Crippen LogP contribution >= 0.6 is 46.6 Å². The van der Waals surface area contributed by atoms with E-state index < -0.39 is 6.04 Å². The molecule has 2 aromatic rings. The van der Waals surface area contributed by atoms with Gasteiger partial charge in [0.25, 0.3) is 5.91 Å². The van der Waals surface area contributed by atoms with Crippen LogP contribution in [0, 0.1) is 0 Å². The molecule has 1 saturated heterocycles. The fourth-order valence-electron chi connectivity index (χ4n) is 2.14. The SMILES string of the molecule is O=C(NC1CCSC1=O)c1ccc(Oc2cc(Cl)c(Cl)cc2Cl)nc1. The number of nitrogens with one attached hydrogen (secondary N) is 1. The minimum absolute atomic E-state index is 0.0180. The zero-order valence-electron chi connectivity index (χ0n) is 12.6. The van der Waals surface area contributed by atoms with Crippen molar-refractivity contribution in [2.45, 2.75) is 12.5 Å². The number of ether oxygens (including phenoxy) is 1. The number of hydrogen-bond acceptors (Lipinski definition) is 5. The van der Waals surface area contributed by atoms with Crippen LogP contribution in [0.15, 0.2) is 30.5 Å². The number of rotatable bonds is 4. The van der Waals surface area contributed by atoms with E-state index in [4.69, 9.17) is 39.5 Å². The Balaban J connectivity index is 1.69. The lowest BCUT2D eigenvalue weighted by Crippen LogP contribution is -2.37. The lowest BCUT2D eigenvalue weighted by atomic mass is 10.2. The molecule has 1 N–H and O–H groups in total. The molecule has 1 atom stereocenters. The number of amides is 1. The molecular weight excluding hydrogens is 407 g/mol. The summed E-state index contributed by atoms with van der Waals surface area (Å²) >= 11 is 19.1. The lowest BCUT2D eigenvalue weighted by Gasteiger charge is -2.11. The summed E-state index contributed by atoms with van der Waals surface area (Å²) in [5, 5.41) is 3.58. The summed E-state index contributed by atoms with van der Waals surface area (Å²) in [6.07, 6.45) is 2.00. The van der Waals surface area contributed by atoms with Crippen LogP contribution < -0.4 is 10.1 Å². The number of nitrogens with zero attached hydrogens (tertiary/aromatic N) is 1. The Morgan fingerprint density at radius 2 is 1.96 bits per heavy atom. The number of thioether (sulfide) groups is 1. The van der Waals surface area contributed by atoms with Crippen molar-refractivity contribution in [1.29, 1.82) is 0 Å².